The van der Waals surface area contributed by atoms with Crippen LogP contribution < -0.4 is 15.2 Å². The number of aryl methyl sites for hydroxylation is 2. The Kier molecular flexibility index (Phi) is 6.14. The molecule has 3 aromatic heterocycles. The summed E-state index contributed by atoms with van der Waals surface area (Å²) in [7, 11) is 1.69. The third-order valence-electron chi connectivity index (χ3n) is 6.55. The SMILES string of the molecule is [C-]#[N+]c1nc2c(N3CCC(c4nc5cc(C)ccc5o4)CC3)cc(=O)n(C)c2cc1OCCCO. The number of aliphatic hydroxyl groups is 1. The maximum Gasteiger partial charge on any atom is 0.312 e. The Bertz CT molecular complexity index is 1490. The van der Waals surface area contributed by atoms with E-state index in [1.807, 2.05) is 25.1 Å². The number of anilines is 1. The minimum atomic E-state index is -0.150. The smallest absolute Gasteiger partial charge is 0.312 e. The second-order valence-electron chi connectivity index (χ2n) is 8.93. The highest BCUT2D eigenvalue weighted by molar-refractivity contribution is 5.91. The first-order valence-electron chi connectivity index (χ1n) is 11.8. The standard InChI is InChI=1S/C26H27N5O4/c1-16-5-6-21-18(13-16)28-26(35-21)17-7-9-31(10-8-17)20-15-23(33)30(3)19-14-22(34-12-4-11-32)25(27-2)29-24(19)20/h5-6,13-15,17,32H,4,7-12H2,1,3H3. The topological polar surface area (TPSA) is 98.0 Å². The molecule has 1 aliphatic rings. The van der Waals surface area contributed by atoms with E-state index in [1.54, 1.807) is 19.2 Å². The van der Waals surface area contributed by atoms with Gasteiger partial charge >= 0.3 is 5.82 Å². The molecule has 1 aromatic carbocycles. The molecule has 0 atom stereocenters. The Morgan fingerprint density at radius 2 is 2.03 bits per heavy atom. The van der Waals surface area contributed by atoms with Gasteiger partial charge in [0, 0.05) is 45.1 Å². The molecule has 9 nitrogen and oxygen atoms in total. The van der Waals surface area contributed by atoms with Crippen molar-refractivity contribution in [2.45, 2.75) is 32.1 Å². The summed E-state index contributed by atoms with van der Waals surface area (Å²) in [6.45, 7) is 11.3. The zero-order chi connectivity index (χ0) is 24.5. The summed E-state index contributed by atoms with van der Waals surface area (Å²) in [6.07, 6.45) is 2.12. The Labute approximate surface area is 202 Å². The first-order valence-corrected chi connectivity index (χ1v) is 11.8. The second kappa shape index (κ2) is 9.39. The van der Waals surface area contributed by atoms with E-state index >= 15 is 0 Å². The first kappa shape index (κ1) is 22.9. The summed E-state index contributed by atoms with van der Waals surface area (Å²) in [5.41, 5.74) is 4.62. The Morgan fingerprint density at radius 1 is 1.23 bits per heavy atom. The fraction of sp³-hybridized carbons (Fsp3) is 0.385. The molecule has 0 bridgehead atoms. The number of nitrogens with zero attached hydrogens (tertiary/aromatic N) is 5. The van der Waals surface area contributed by atoms with Gasteiger partial charge in [-0.25, -0.2) is 4.98 Å². The first-order chi connectivity index (χ1) is 17.0. The number of hydrogen-bond donors (Lipinski definition) is 1. The van der Waals surface area contributed by atoms with E-state index in [1.165, 1.54) is 4.57 Å². The lowest BCUT2D eigenvalue weighted by Crippen LogP contribution is -2.34. The van der Waals surface area contributed by atoms with Gasteiger partial charge in [0.05, 0.1) is 17.8 Å². The molecule has 0 unspecified atom stereocenters. The largest absolute Gasteiger partial charge is 0.503 e. The molecule has 4 heterocycles. The zero-order valence-electron chi connectivity index (χ0n) is 19.8. The van der Waals surface area contributed by atoms with Gasteiger partial charge in [-0.15, -0.1) is 4.98 Å². The summed E-state index contributed by atoms with van der Waals surface area (Å²) in [4.78, 5) is 27.8. The van der Waals surface area contributed by atoms with E-state index in [2.05, 4.69) is 14.7 Å². The maximum absolute atomic E-state index is 12.8. The van der Waals surface area contributed by atoms with Crippen molar-refractivity contribution >= 4 is 33.6 Å². The number of aromatic nitrogens is 3. The number of rotatable bonds is 6. The third kappa shape index (κ3) is 4.33. The van der Waals surface area contributed by atoms with Crippen LogP contribution in [-0.2, 0) is 7.05 Å². The molecular weight excluding hydrogens is 446 g/mol. The lowest BCUT2D eigenvalue weighted by molar-refractivity contribution is 0.234. The average molecular weight is 474 g/mol. The minimum absolute atomic E-state index is 0.00383. The van der Waals surface area contributed by atoms with Gasteiger partial charge in [0.1, 0.15) is 11.3 Å². The molecule has 1 N–H and O–H groups in total. The van der Waals surface area contributed by atoms with Gasteiger partial charge in [0.2, 0.25) is 5.52 Å². The van der Waals surface area contributed by atoms with Crippen LogP contribution >= 0.6 is 0 Å². The highest BCUT2D eigenvalue weighted by Gasteiger charge is 2.28. The Hall–Kier alpha value is -3.90. The van der Waals surface area contributed by atoms with Gasteiger partial charge in [-0.2, -0.15) is 0 Å². The minimum Gasteiger partial charge on any atom is -0.503 e. The molecular formula is C26H27N5O4. The van der Waals surface area contributed by atoms with Gasteiger partial charge in [-0.1, -0.05) is 12.6 Å². The lowest BCUT2D eigenvalue weighted by Gasteiger charge is -2.32. The highest BCUT2D eigenvalue weighted by atomic mass is 16.5. The van der Waals surface area contributed by atoms with Crippen LogP contribution in [0.1, 0.15) is 36.6 Å². The van der Waals surface area contributed by atoms with Crippen molar-refractivity contribution in [3.8, 4) is 5.75 Å². The molecule has 0 saturated carbocycles. The number of benzene rings is 1. The van der Waals surface area contributed by atoms with Crippen molar-refractivity contribution in [3.63, 3.8) is 0 Å². The van der Waals surface area contributed by atoms with Crippen LogP contribution in [0.3, 0.4) is 0 Å². The molecule has 9 heteroatoms. The van der Waals surface area contributed by atoms with Crippen LogP contribution in [-0.4, -0.2) is 45.9 Å². The van der Waals surface area contributed by atoms with E-state index in [9.17, 15) is 4.79 Å². The van der Waals surface area contributed by atoms with E-state index in [0.29, 0.717) is 36.3 Å². The molecule has 0 aliphatic carbocycles. The third-order valence-corrected chi connectivity index (χ3v) is 6.55. The number of aliphatic hydroxyl groups excluding tert-OH is 1. The maximum atomic E-state index is 12.8. The predicted molar refractivity (Wildman–Crippen MR) is 133 cm³/mol. The summed E-state index contributed by atoms with van der Waals surface area (Å²) in [5.74, 6) is 1.43. The molecule has 35 heavy (non-hydrogen) atoms. The Balaban J connectivity index is 1.44. The van der Waals surface area contributed by atoms with Gasteiger partial charge < -0.3 is 28.6 Å². The number of oxazole rings is 1. The van der Waals surface area contributed by atoms with Crippen molar-refractivity contribution in [1.29, 1.82) is 0 Å². The van der Waals surface area contributed by atoms with Crippen molar-refractivity contribution in [3.05, 3.63) is 63.6 Å². The van der Waals surface area contributed by atoms with Crippen molar-refractivity contribution < 1.29 is 14.3 Å². The average Bonchev–Trinajstić information content (AvgIpc) is 3.29. The van der Waals surface area contributed by atoms with Crippen LogP contribution in [0.4, 0.5) is 11.5 Å². The molecule has 0 spiro atoms. The molecule has 1 fully saturated rings. The zero-order valence-corrected chi connectivity index (χ0v) is 19.8. The number of hydrogen-bond acceptors (Lipinski definition) is 7. The molecule has 1 saturated heterocycles. The lowest BCUT2D eigenvalue weighted by atomic mass is 9.96. The van der Waals surface area contributed by atoms with Gasteiger partial charge in [0.15, 0.2) is 11.5 Å². The van der Waals surface area contributed by atoms with Crippen molar-refractivity contribution in [2.75, 3.05) is 31.2 Å². The highest BCUT2D eigenvalue weighted by Crippen LogP contribution is 2.36. The van der Waals surface area contributed by atoms with Crippen LogP contribution in [0, 0.1) is 13.5 Å². The van der Waals surface area contributed by atoms with E-state index < -0.39 is 0 Å². The molecule has 180 valence electrons. The summed E-state index contributed by atoms with van der Waals surface area (Å²) in [5, 5.41) is 9.03. The predicted octanol–water partition coefficient (Wildman–Crippen LogP) is 4.08. The van der Waals surface area contributed by atoms with Crippen LogP contribution in [0.15, 0.2) is 39.5 Å². The number of piperidine rings is 1. The van der Waals surface area contributed by atoms with Crippen LogP contribution in [0.25, 0.3) is 27.0 Å². The summed E-state index contributed by atoms with van der Waals surface area (Å²) in [6, 6.07) is 9.31. The summed E-state index contributed by atoms with van der Waals surface area (Å²) < 4.78 is 13.2. The van der Waals surface area contributed by atoms with Gasteiger partial charge in [-0.05, 0) is 43.5 Å². The number of ether oxygens (including phenoxy) is 1. The number of pyridine rings is 2. The normalized spacial score (nSPS) is 14.5. The molecule has 0 amide bonds. The van der Waals surface area contributed by atoms with Gasteiger partial charge in [-0.3, -0.25) is 4.79 Å². The van der Waals surface area contributed by atoms with Crippen molar-refractivity contribution in [2.24, 2.45) is 7.05 Å². The fourth-order valence-electron chi connectivity index (χ4n) is 4.59. The van der Waals surface area contributed by atoms with E-state index in [4.69, 9.17) is 25.8 Å². The molecule has 4 aromatic rings. The molecule has 1 aliphatic heterocycles. The number of fused-ring (bicyclic) bond motifs is 2. The van der Waals surface area contributed by atoms with E-state index in [0.717, 1.165) is 41.1 Å². The fourth-order valence-corrected chi connectivity index (χ4v) is 4.59. The Morgan fingerprint density at radius 3 is 2.77 bits per heavy atom. The quantitative estimate of drug-likeness (QED) is 0.333. The summed E-state index contributed by atoms with van der Waals surface area (Å²) >= 11 is 0. The van der Waals surface area contributed by atoms with E-state index in [-0.39, 0.29) is 30.5 Å². The van der Waals surface area contributed by atoms with Crippen LogP contribution in [0.2, 0.25) is 0 Å². The van der Waals surface area contributed by atoms with Gasteiger partial charge in [0.25, 0.3) is 5.56 Å². The second-order valence-corrected chi connectivity index (χ2v) is 8.93. The van der Waals surface area contributed by atoms with Crippen molar-refractivity contribution in [1.82, 2.24) is 14.5 Å². The van der Waals surface area contributed by atoms with Crippen LogP contribution in [0.5, 0.6) is 5.75 Å². The molecule has 0 radical (unpaired) electrons. The molecule has 5 rings (SSSR count). The monoisotopic (exact) mass is 473 g/mol.